The summed E-state index contributed by atoms with van der Waals surface area (Å²) in [6, 6.07) is 7.95. The highest BCUT2D eigenvalue weighted by Crippen LogP contribution is 2.22. The van der Waals surface area contributed by atoms with Gasteiger partial charge in [0.15, 0.2) is 0 Å². The number of carbonyl (C=O) groups excluding carboxylic acids is 1. The Morgan fingerprint density at radius 3 is 2.26 bits per heavy atom. The minimum atomic E-state index is -0.292. The number of nitrogens with two attached hydrogens (primary N) is 1. The second-order valence-corrected chi connectivity index (χ2v) is 5.24. The number of primary amides is 1. The third kappa shape index (κ3) is 3.33. The van der Waals surface area contributed by atoms with E-state index >= 15 is 0 Å². The van der Waals surface area contributed by atoms with Gasteiger partial charge in [-0.05, 0) is 24.6 Å². The molecule has 0 spiro atoms. The SMILES string of the molecule is CCc1ccc(C(C(N)=O)N2CCN(C)CC2)cc1. The van der Waals surface area contributed by atoms with Crippen LogP contribution in [0.4, 0.5) is 0 Å². The smallest absolute Gasteiger partial charge is 0.239 e. The van der Waals surface area contributed by atoms with Crippen LogP contribution in [0.2, 0.25) is 0 Å². The maximum Gasteiger partial charge on any atom is 0.239 e. The number of likely N-dealkylation sites (N-methyl/N-ethyl adjacent to an activating group) is 1. The minimum Gasteiger partial charge on any atom is -0.368 e. The highest BCUT2D eigenvalue weighted by atomic mass is 16.1. The zero-order valence-electron chi connectivity index (χ0n) is 11.8. The van der Waals surface area contributed by atoms with Gasteiger partial charge in [-0.15, -0.1) is 0 Å². The van der Waals surface area contributed by atoms with Crippen LogP contribution in [0.15, 0.2) is 24.3 Å². The van der Waals surface area contributed by atoms with E-state index in [1.807, 2.05) is 12.1 Å². The van der Waals surface area contributed by atoms with Crippen LogP contribution < -0.4 is 5.73 Å². The zero-order valence-corrected chi connectivity index (χ0v) is 11.8. The molecule has 1 unspecified atom stereocenters. The monoisotopic (exact) mass is 261 g/mol. The van der Waals surface area contributed by atoms with Crippen molar-refractivity contribution in [1.82, 2.24) is 9.80 Å². The molecule has 1 aromatic carbocycles. The molecule has 1 fully saturated rings. The quantitative estimate of drug-likeness (QED) is 0.880. The molecule has 1 heterocycles. The number of carbonyl (C=O) groups is 1. The van der Waals surface area contributed by atoms with Gasteiger partial charge >= 0.3 is 0 Å². The predicted octanol–water partition coefficient (Wildman–Crippen LogP) is 1.02. The zero-order chi connectivity index (χ0) is 13.8. The molecule has 4 nitrogen and oxygen atoms in total. The van der Waals surface area contributed by atoms with Gasteiger partial charge in [-0.1, -0.05) is 31.2 Å². The summed E-state index contributed by atoms with van der Waals surface area (Å²) in [6.45, 7) is 5.87. The van der Waals surface area contributed by atoms with Crippen LogP contribution in [0.5, 0.6) is 0 Å². The van der Waals surface area contributed by atoms with Gasteiger partial charge in [0.05, 0.1) is 0 Å². The first kappa shape index (κ1) is 14.0. The van der Waals surface area contributed by atoms with Gasteiger partial charge in [0.25, 0.3) is 0 Å². The highest BCUT2D eigenvalue weighted by molar-refractivity contribution is 5.81. The van der Waals surface area contributed by atoms with Gasteiger partial charge in [-0.3, -0.25) is 9.69 Å². The number of aryl methyl sites for hydroxylation is 1. The molecular weight excluding hydrogens is 238 g/mol. The van der Waals surface area contributed by atoms with E-state index in [0.717, 1.165) is 38.2 Å². The molecule has 2 N–H and O–H groups in total. The molecule has 0 bridgehead atoms. The Morgan fingerprint density at radius 2 is 1.79 bits per heavy atom. The molecule has 19 heavy (non-hydrogen) atoms. The van der Waals surface area contributed by atoms with Crippen molar-refractivity contribution in [2.45, 2.75) is 19.4 Å². The Bertz CT molecular complexity index is 422. The summed E-state index contributed by atoms with van der Waals surface area (Å²) in [6.07, 6.45) is 1.01. The number of nitrogens with zero attached hydrogens (tertiary/aromatic N) is 2. The average Bonchev–Trinajstić information content (AvgIpc) is 2.42. The maximum atomic E-state index is 11.8. The van der Waals surface area contributed by atoms with Crippen molar-refractivity contribution in [1.29, 1.82) is 0 Å². The largest absolute Gasteiger partial charge is 0.368 e. The van der Waals surface area contributed by atoms with Crippen LogP contribution in [-0.4, -0.2) is 48.9 Å². The van der Waals surface area contributed by atoms with Gasteiger partial charge in [0.2, 0.25) is 5.91 Å². The summed E-state index contributed by atoms with van der Waals surface area (Å²) in [5.41, 5.74) is 7.90. The molecule has 1 saturated heterocycles. The molecule has 0 aliphatic carbocycles. The third-order valence-corrected chi connectivity index (χ3v) is 3.88. The molecule has 104 valence electrons. The molecule has 4 heteroatoms. The fraction of sp³-hybridized carbons (Fsp3) is 0.533. The van der Waals surface area contributed by atoms with E-state index < -0.39 is 0 Å². The third-order valence-electron chi connectivity index (χ3n) is 3.88. The van der Waals surface area contributed by atoms with E-state index in [2.05, 4.69) is 35.9 Å². The lowest BCUT2D eigenvalue weighted by molar-refractivity contribution is -0.124. The number of benzene rings is 1. The first-order valence-electron chi connectivity index (χ1n) is 6.92. The lowest BCUT2D eigenvalue weighted by atomic mass is 10.0. The lowest BCUT2D eigenvalue weighted by Crippen LogP contribution is -2.49. The average molecular weight is 261 g/mol. The summed E-state index contributed by atoms with van der Waals surface area (Å²) in [4.78, 5) is 16.3. The summed E-state index contributed by atoms with van der Waals surface area (Å²) in [7, 11) is 2.10. The van der Waals surface area contributed by atoms with Crippen molar-refractivity contribution < 1.29 is 4.79 Å². The summed E-state index contributed by atoms with van der Waals surface area (Å²) < 4.78 is 0. The van der Waals surface area contributed by atoms with Crippen LogP contribution in [0.1, 0.15) is 24.1 Å². The Balaban J connectivity index is 2.17. The molecule has 0 radical (unpaired) electrons. The van der Waals surface area contributed by atoms with Crippen molar-refractivity contribution in [2.75, 3.05) is 33.2 Å². The topological polar surface area (TPSA) is 49.6 Å². The fourth-order valence-corrected chi connectivity index (χ4v) is 2.57. The summed E-state index contributed by atoms with van der Waals surface area (Å²) >= 11 is 0. The van der Waals surface area contributed by atoms with Crippen molar-refractivity contribution in [3.8, 4) is 0 Å². The van der Waals surface area contributed by atoms with Gasteiger partial charge in [-0.25, -0.2) is 0 Å². The first-order valence-corrected chi connectivity index (χ1v) is 6.92. The standard InChI is InChI=1S/C15H23N3O/c1-3-12-4-6-13(7-5-12)14(15(16)19)18-10-8-17(2)9-11-18/h4-7,14H,3,8-11H2,1-2H3,(H2,16,19). The van der Waals surface area contributed by atoms with Crippen LogP contribution in [0, 0.1) is 0 Å². The summed E-state index contributed by atoms with van der Waals surface area (Å²) in [5, 5.41) is 0. The molecule has 1 aliphatic rings. The van der Waals surface area contributed by atoms with Crippen LogP contribution >= 0.6 is 0 Å². The van der Waals surface area contributed by atoms with Gasteiger partial charge < -0.3 is 10.6 Å². The van der Waals surface area contributed by atoms with Crippen LogP contribution in [0.3, 0.4) is 0 Å². The van der Waals surface area contributed by atoms with Gasteiger partial charge in [0, 0.05) is 26.2 Å². The second-order valence-electron chi connectivity index (χ2n) is 5.24. The number of hydrogen-bond acceptors (Lipinski definition) is 3. The number of piperazine rings is 1. The summed E-state index contributed by atoms with van der Waals surface area (Å²) in [5.74, 6) is -0.256. The highest BCUT2D eigenvalue weighted by Gasteiger charge is 2.27. The van der Waals surface area contributed by atoms with E-state index in [1.165, 1.54) is 5.56 Å². The van der Waals surface area contributed by atoms with Gasteiger partial charge in [0.1, 0.15) is 6.04 Å². The maximum absolute atomic E-state index is 11.8. The molecule has 1 amide bonds. The van der Waals surface area contributed by atoms with Gasteiger partial charge in [-0.2, -0.15) is 0 Å². The Kier molecular flexibility index (Phi) is 4.56. The number of amides is 1. The molecule has 2 rings (SSSR count). The van der Waals surface area contributed by atoms with E-state index in [1.54, 1.807) is 0 Å². The Hall–Kier alpha value is -1.39. The first-order chi connectivity index (χ1) is 9.11. The van der Waals surface area contributed by atoms with Crippen molar-refractivity contribution in [2.24, 2.45) is 5.73 Å². The molecule has 0 aromatic heterocycles. The minimum absolute atomic E-state index is 0.256. The Morgan fingerprint density at radius 1 is 1.21 bits per heavy atom. The molecule has 1 aromatic rings. The van der Waals surface area contributed by atoms with Crippen LogP contribution in [0.25, 0.3) is 0 Å². The number of rotatable bonds is 4. The van der Waals surface area contributed by atoms with Crippen molar-refractivity contribution >= 4 is 5.91 Å². The van der Waals surface area contributed by atoms with Crippen molar-refractivity contribution in [3.05, 3.63) is 35.4 Å². The van der Waals surface area contributed by atoms with E-state index in [4.69, 9.17) is 5.73 Å². The van der Waals surface area contributed by atoms with E-state index in [-0.39, 0.29) is 11.9 Å². The number of hydrogen-bond donors (Lipinski definition) is 1. The molecule has 1 atom stereocenters. The normalized spacial score (nSPS) is 19.3. The Labute approximate surface area is 115 Å². The van der Waals surface area contributed by atoms with Crippen LogP contribution in [-0.2, 0) is 11.2 Å². The van der Waals surface area contributed by atoms with E-state index in [0.29, 0.717) is 0 Å². The lowest BCUT2D eigenvalue weighted by Gasteiger charge is -2.36. The second kappa shape index (κ2) is 6.17. The molecular formula is C15H23N3O. The van der Waals surface area contributed by atoms with Crippen molar-refractivity contribution in [3.63, 3.8) is 0 Å². The fourth-order valence-electron chi connectivity index (χ4n) is 2.57. The molecule has 1 aliphatic heterocycles. The predicted molar refractivity (Wildman–Crippen MR) is 76.8 cm³/mol. The molecule has 0 saturated carbocycles. The van der Waals surface area contributed by atoms with E-state index in [9.17, 15) is 4.79 Å².